The maximum absolute atomic E-state index is 14.7. The van der Waals surface area contributed by atoms with Gasteiger partial charge in [-0.1, -0.05) is 90.3 Å². The Kier molecular flexibility index (Phi) is 12.1. The normalized spacial score (nSPS) is 12.7. The Morgan fingerprint density at radius 1 is 0.830 bits per heavy atom. The first-order chi connectivity index (χ1) is 22.3. The quantitative estimate of drug-likeness (QED) is 0.156. The maximum atomic E-state index is 14.7. The van der Waals surface area contributed by atoms with E-state index < -0.39 is 28.5 Å². The number of hydrogen-bond acceptors (Lipinski definition) is 4. The number of anilines is 1. The number of amides is 2. The molecule has 0 aromatic heterocycles. The van der Waals surface area contributed by atoms with Crippen LogP contribution in [0.3, 0.4) is 0 Å². The molecule has 0 aliphatic rings. The van der Waals surface area contributed by atoms with E-state index in [1.54, 1.807) is 42.5 Å². The highest BCUT2D eigenvalue weighted by molar-refractivity contribution is 7.92. The maximum Gasteiger partial charge on any atom is 0.264 e. The molecule has 0 saturated carbocycles. The molecular weight excluding hydrogens is 653 g/mol. The summed E-state index contributed by atoms with van der Waals surface area (Å²) < 4.78 is 29.7. The number of nitrogens with one attached hydrogen (secondary N) is 1. The zero-order valence-electron chi connectivity index (χ0n) is 27.3. The third-order valence-electron chi connectivity index (χ3n) is 8.33. The van der Waals surface area contributed by atoms with Gasteiger partial charge in [0.05, 0.1) is 10.6 Å². The van der Waals surface area contributed by atoms with Crippen molar-refractivity contribution in [2.45, 2.75) is 71.0 Å². The number of rotatable bonds is 13. The number of aryl methyl sites for hydroxylation is 3. The molecule has 4 aromatic carbocycles. The van der Waals surface area contributed by atoms with Gasteiger partial charge in [-0.3, -0.25) is 13.9 Å². The summed E-state index contributed by atoms with van der Waals surface area (Å²) >= 11 is 13.2. The summed E-state index contributed by atoms with van der Waals surface area (Å²) in [6.45, 7) is 8.86. The highest BCUT2D eigenvalue weighted by atomic mass is 35.5. The van der Waals surface area contributed by atoms with Gasteiger partial charge in [0.15, 0.2) is 0 Å². The summed E-state index contributed by atoms with van der Waals surface area (Å²) in [5.74, 6) is -0.950. The predicted octanol–water partition coefficient (Wildman–Crippen LogP) is 7.67. The summed E-state index contributed by atoms with van der Waals surface area (Å²) in [5, 5.41) is 3.69. The summed E-state index contributed by atoms with van der Waals surface area (Å²) in [7, 11) is -4.21. The first-order valence-corrected chi connectivity index (χ1v) is 17.7. The van der Waals surface area contributed by atoms with Gasteiger partial charge in [0, 0.05) is 34.6 Å². The van der Waals surface area contributed by atoms with Crippen molar-refractivity contribution in [1.82, 2.24) is 10.2 Å². The number of halogens is 2. The fourth-order valence-electron chi connectivity index (χ4n) is 5.10. The molecule has 0 aliphatic heterocycles. The van der Waals surface area contributed by atoms with Crippen LogP contribution in [0.15, 0.2) is 95.9 Å². The molecule has 0 spiro atoms. The SMILES string of the molecule is CC[C@@H](C)NC(=O)[C@H](Cc1ccccc1)N(Cc1c(Cl)cccc1Cl)C(=O)CN(c1ccc(C)c(C)c1)S(=O)(=O)c1ccc(C)cc1. The van der Waals surface area contributed by atoms with Gasteiger partial charge in [0.25, 0.3) is 10.0 Å². The van der Waals surface area contributed by atoms with E-state index in [9.17, 15) is 18.0 Å². The monoisotopic (exact) mass is 693 g/mol. The van der Waals surface area contributed by atoms with Gasteiger partial charge in [-0.2, -0.15) is 0 Å². The number of sulfonamides is 1. The lowest BCUT2D eigenvalue weighted by molar-refractivity contribution is -0.140. The molecule has 47 heavy (non-hydrogen) atoms. The largest absolute Gasteiger partial charge is 0.352 e. The Morgan fingerprint density at radius 2 is 1.47 bits per heavy atom. The van der Waals surface area contributed by atoms with Gasteiger partial charge in [0.2, 0.25) is 11.8 Å². The first-order valence-electron chi connectivity index (χ1n) is 15.5. The molecule has 2 amide bonds. The summed E-state index contributed by atoms with van der Waals surface area (Å²) in [6.07, 6.45) is 0.870. The Morgan fingerprint density at radius 3 is 2.06 bits per heavy atom. The Hall–Kier alpha value is -3.85. The molecule has 0 fully saturated rings. The van der Waals surface area contributed by atoms with Crippen molar-refractivity contribution in [3.63, 3.8) is 0 Å². The number of benzene rings is 4. The van der Waals surface area contributed by atoms with Crippen LogP contribution < -0.4 is 9.62 Å². The van der Waals surface area contributed by atoms with E-state index in [4.69, 9.17) is 23.2 Å². The minimum atomic E-state index is -4.21. The lowest BCUT2D eigenvalue weighted by Gasteiger charge is -2.34. The second-order valence-corrected chi connectivity index (χ2v) is 14.5. The highest BCUT2D eigenvalue weighted by Crippen LogP contribution is 2.30. The van der Waals surface area contributed by atoms with Crippen molar-refractivity contribution in [2.24, 2.45) is 0 Å². The molecule has 248 valence electrons. The zero-order chi connectivity index (χ0) is 34.3. The molecule has 10 heteroatoms. The molecule has 2 atom stereocenters. The Bertz CT molecular complexity index is 1800. The van der Waals surface area contributed by atoms with Crippen LogP contribution in [0.1, 0.15) is 48.1 Å². The van der Waals surface area contributed by atoms with Gasteiger partial charge in [-0.05, 0) is 87.2 Å². The molecule has 4 aromatic rings. The van der Waals surface area contributed by atoms with E-state index in [0.717, 1.165) is 26.6 Å². The average molecular weight is 695 g/mol. The van der Waals surface area contributed by atoms with Crippen molar-refractivity contribution >= 4 is 50.7 Å². The van der Waals surface area contributed by atoms with Crippen LogP contribution in [0, 0.1) is 20.8 Å². The minimum absolute atomic E-state index is 0.0465. The fourth-order valence-corrected chi connectivity index (χ4v) is 7.02. The van der Waals surface area contributed by atoms with Gasteiger partial charge >= 0.3 is 0 Å². The third kappa shape index (κ3) is 8.95. The molecule has 1 N–H and O–H groups in total. The summed E-state index contributed by atoms with van der Waals surface area (Å²) in [4.78, 5) is 30.1. The third-order valence-corrected chi connectivity index (χ3v) is 10.8. The smallest absolute Gasteiger partial charge is 0.264 e. The van der Waals surface area contributed by atoms with Gasteiger partial charge in [-0.15, -0.1) is 0 Å². The lowest BCUT2D eigenvalue weighted by atomic mass is 10.0. The van der Waals surface area contributed by atoms with E-state index in [1.807, 2.05) is 71.0 Å². The lowest BCUT2D eigenvalue weighted by Crippen LogP contribution is -2.54. The molecule has 0 radical (unpaired) electrons. The van der Waals surface area contributed by atoms with Gasteiger partial charge < -0.3 is 10.2 Å². The standard InChI is InChI=1S/C37H41Cl2N3O4S/c1-6-28(5)40-37(44)35(22-29-11-8-7-9-12-29)41(23-32-33(38)13-10-14-34(32)39)36(43)24-42(30-18-17-26(3)27(4)21-30)47(45,46)31-19-15-25(2)16-20-31/h7-21,28,35H,6,22-24H2,1-5H3,(H,40,44)/t28-,35+/m1/s1. The molecule has 0 saturated heterocycles. The number of carbonyl (C=O) groups is 2. The summed E-state index contributed by atoms with van der Waals surface area (Å²) in [5.41, 5.74) is 4.37. The number of carbonyl (C=O) groups excluding carboxylic acids is 2. The number of nitrogens with zero attached hydrogens (tertiary/aromatic N) is 2. The van der Waals surface area contributed by atoms with Crippen LogP contribution in [0.2, 0.25) is 10.0 Å². The van der Waals surface area contributed by atoms with Gasteiger partial charge in [-0.25, -0.2) is 8.42 Å². The minimum Gasteiger partial charge on any atom is -0.352 e. The van der Waals surface area contributed by atoms with Crippen LogP contribution in [0.5, 0.6) is 0 Å². The second kappa shape index (κ2) is 15.8. The molecule has 0 heterocycles. The van der Waals surface area contributed by atoms with Crippen LogP contribution in [-0.2, 0) is 32.6 Å². The highest BCUT2D eigenvalue weighted by Gasteiger charge is 2.35. The van der Waals surface area contributed by atoms with E-state index >= 15 is 0 Å². The van der Waals surface area contributed by atoms with Crippen molar-refractivity contribution < 1.29 is 18.0 Å². The average Bonchev–Trinajstić information content (AvgIpc) is 3.04. The van der Waals surface area contributed by atoms with E-state index in [-0.39, 0.29) is 29.8 Å². The Balaban J connectivity index is 1.86. The van der Waals surface area contributed by atoms with E-state index in [0.29, 0.717) is 27.7 Å². The Labute approximate surface area is 288 Å². The van der Waals surface area contributed by atoms with Crippen LogP contribution in [-0.4, -0.2) is 43.8 Å². The molecule has 7 nitrogen and oxygen atoms in total. The van der Waals surface area contributed by atoms with Crippen LogP contribution in [0.4, 0.5) is 5.69 Å². The predicted molar refractivity (Wildman–Crippen MR) is 190 cm³/mol. The topological polar surface area (TPSA) is 86.8 Å². The van der Waals surface area contributed by atoms with Gasteiger partial charge in [0.1, 0.15) is 12.6 Å². The van der Waals surface area contributed by atoms with Crippen LogP contribution >= 0.6 is 23.2 Å². The van der Waals surface area contributed by atoms with E-state index in [2.05, 4.69) is 5.32 Å². The van der Waals surface area contributed by atoms with Crippen molar-refractivity contribution in [1.29, 1.82) is 0 Å². The summed E-state index contributed by atoms with van der Waals surface area (Å²) in [6, 6.07) is 25.0. The molecule has 4 rings (SSSR count). The number of hydrogen-bond donors (Lipinski definition) is 1. The van der Waals surface area contributed by atoms with E-state index in [1.165, 1.54) is 17.0 Å². The molecule has 0 aliphatic carbocycles. The van der Waals surface area contributed by atoms with Crippen molar-refractivity contribution in [3.05, 3.63) is 129 Å². The zero-order valence-corrected chi connectivity index (χ0v) is 29.7. The van der Waals surface area contributed by atoms with Crippen molar-refractivity contribution in [3.8, 4) is 0 Å². The van der Waals surface area contributed by atoms with Crippen molar-refractivity contribution in [2.75, 3.05) is 10.8 Å². The molecule has 0 bridgehead atoms. The fraction of sp³-hybridized carbons (Fsp3) is 0.297. The van der Waals surface area contributed by atoms with Crippen LogP contribution in [0.25, 0.3) is 0 Å². The second-order valence-electron chi connectivity index (χ2n) is 11.8. The molecular formula is C37H41Cl2N3O4S. The first kappa shape index (κ1) is 36.0. The molecule has 0 unspecified atom stereocenters.